The molecular formula is C16H19F2NO2. The van der Waals surface area contributed by atoms with E-state index in [1.807, 2.05) is 6.92 Å². The normalized spacial score (nSPS) is 12.4. The topological polar surface area (TPSA) is 34.4 Å². The van der Waals surface area contributed by atoms with Crippen LogP contribution in [0.5, 0.6) is 5.75 Å². The van der Waals surface area contributed by atoms with Crippen molar-refractivity contribution in [2.75, 3.05) is 13.7 Å². The molecule has 0 bridgehead atoms. The van der Waals surface area contributed by atoms with Gasteiger partial charge in [-0.2, -0.15) is 0 Å². The largest absolute Gasteiger partial charge is 0.497 e. The Kier molecular flexibility index (Phi) is 4.96. The molecule has 1 N–H and O–H groups in total. The van der Waals surface area contributed by atoms with Crippen molar-refractivity contribution in [2.24, 2.45) is 0 Å². The smallest absolute Gasteiger partial charge is 0.135 e. The van der Waals surface area contributed by atoms with Crippen molar-refractivity contribution in [3.8, 4) is 5.75 Å². The van der Waals surface area contributed by atoms with Crippen molar-refractivity contribution in [3.05, 3.63) is 53.0 Å². The summed E-state index contributed by atoms with van der Waals surface area (Å²) in [6.45, 7) is 4.40. The molecule has 1 unspecified atom stereocenters. The number of hydrogen-bond donors (Lipinski definition) is 1. The first-order valence-corrected chi connectivity index (χ1v) is 6.89. The fourth-order valence-electron chi connectivity index (χ4n) is 2.20. The van der Waals surface area contributed by atoms with Crippen LogP contribution < -0.4 is 10.1 Å². The van der Waals surface area contributed by atoms with E-state index in [0.717, 1.165) is 6.42 Å². The van der Waals surface area contributed by atoms with Gasteiger partial charge < -0.3 is 14.5 Å². The van der Waals surface area contributed by atoms with E-state index in [-0.39, 0.29) is 11.3 Å². The molecular weight excluding hydrogens is 276 g/mol. The minimum Gasteiger partial charge on any atom is -0.497 e. The lowest BCUT2D eigenvalue weighted by Gasteiger charge is -2.19. The predicted octanol–water partition coefficient (Wildman–Crippen LogP) is 3.96. The maximum absolute atomic E-state index is 14.3. The maximum Gasteiger partial charge on any atom is 0.135 e. The molecule has 0 saturated carbocycles. The lowest BCUT2D eigenvalue weighted by molar-refractivity contribution is 0.392. The van der Waals surface area contributed by atoms with Crippen LogP contribution in [0, 0.1) is 18.6 Å². The highest BCUT2D eigenvalue weighted by Crippen LogP contribution is 2.30. The van der Waals surface area contributed by atoms with Gasteiger partial charge >= 0.3 is 0 Å². The highest BCUT2D eigenvalue weighted by molar-refractivity contribution is 5.36. The second-order valence-electron chi connectivity index (χ2n) is 4.84. The Morgan fingerprint density at radius 3 is 2.38 bits per heavy atom. The third-order valence-electron chi connectivity index (χ3n) is 3.22. The van der Waals surface area contributed by atoms with E-state index in [1.54, 1.807) is 19.1 Å². The van der Waals surface area contributed by atoms with Gasteiger partial charge in [0.25, 0.3) is 0 Å². The molecule has 0 amide bonds. The van der Waals surface area contributed by atoms with Gasteiger partial charge in [0.15, 0.2) is 0 Å². The molecule has 0 radical (unpaired) electrons. The second-order valence-corrected chi connectivity index (χ2v) is 4.84. The number of methoxy groups -OCH3 is 1. The zero-order chi connectivity index (χ0) is 15.4. The molecule has 114 valence electrons. The summed E-state index contributed by atoms with van der Waals surface area (Å²) >= 11 is 0. The molecule has 0 spiro atoms. The van der Waals surface area contributed by atoms with Crippen molar-refractivity contribution in [2.45, 2.75) is 26.3 Å². The van der Waals surface area contributed by atoms with Crippen LogP contribution in [0.2, 0.25) is 0 Å². The van der Waals surface area contributed by atoms with Crippen LogP contribution >= 0.6 is 0 Å². The molecule has 21 heavy (non-hydrogen) atoms. The van der Waals surface area contributed by atoms with Crippen molar-refractivity contribution >= 4 is 0 Å². The zero-order valence-corrected chi connectivity index (χ0v) is 12.4. The summed E-state index contributed by atoms with van der Waals surface area (Å²) in [5.41, 5.74) is -0.0569. The Labute approximate surface area is 122 Å². The molecule has 2 rings (SSSR count). The minimum atomic E-state index is -0.662. The molecule has 2 aromatic rings. The van der Waals surface area contributed by atoms with Crippen LogP contribution in [0.1, 0.15) is 36.5 Å². The summed E-state index contributed by atoms with van der Waals surface area (Å²) in [4.78, 5) is 0. The Bertz CT molecular complexity index is 587. The quantitative estimate of drug-likeness (QED) is 0.876. The van der Waals surface area contributed by atoms with Gasteiger partial charge in [0, 0.05) is 17.7 Å². The van der Waals surface area contributed by atoms with Crippen LogP contribution in [0.15, 0.2) is 28.7 Å². The Morgan fingerprint density at radius 1 is 1.24 bits per heavy atom. The van der Waals surface area contributed by atoms with E-state index < -0.39 is 17.7 Å². The third kappa shape index (κ3) is 3.42. The van der Waals surface area contributed by atoms with Crippen molar-refractivity contribution < 1.29 is 17.9 Å². The molecule has 1 atom stereocenters. The number of furan rings is 1. The van der Waals surface area contributed by atoms with Crippen LogP contribution in [-0.2, 0) is 0 Å². The molecule has 1 aromatic heterocycles. The number of aryl methyl sites for hydroxylation is 1. The number of halogens is 2. The minimum absolute atomic E-state index is 0.0569. The first-order valence-electron chi connectivity index (χ1n) is 6.89. The number of ether oxygens (including phenoxy) is 1. The molecule has 5 heteroatoms. The zero-order valence-electron chi connectivity index (χ0n) is 12.4. The number of nitrogens with one attached hydrogen (secondary N) is 1. The molecule has 1 aromatic carbocycles. The first-order chi connectivity index (χ1) is 10.1. The number of rotatable bonds is 6. The Hall–Kier alpha value is -1.88. The van der Waals surface area contributed by atoms with Gasteiger partial charge in [0.2, 0.25) is 0 Å². The van der Waals surface area contributed by atoms with Gasteiger partial charge in [-0.3, -0.25) is 0 Å². The molecule has 0 aliphatic rings. The summed E-state index contributed by atoms with van der Waals surface area (Å²) in [6, 6.07) is 5.19. The van der Waals surface area contributed by atoms with Gasteiger partial charge in [-0.05, 0) is 32.0 Å². The summed E-state index contributed by atoms with van der Waals surface area (Å²) in [6.07, 6.45) is 0.843. The fraction of sp³-hybridized carbons (Fsp3) is 0.375. The van der Waals surface area contributed by atoms with E-state index in [1.165, 1.54) is 19.2 Å². The van der Waals surface area contributed by atoms with Crippen LogP contribution in [0.3, 0.4) is 0 Å². The lowest BCUT2D eigenvalue weighted by atomic mass is 10.0. The van der Waals surface area contributed by atoms with Crippen LogP contribution in [-0.4, -0.2) is 13.7 Å². The van der Waals surface area contributed by atoms with E-state index in [9.17, 15) is 8.78 Å². The first kappa shape index (κ1) is 15.5. The number of hydrogen-bond acceptors (Lipinski definition) is 3. The van der Waals surface area contributed by atoms with Crippen molar-refractivity contribution in [3.63, 3.8) is 0 Å². The highest BCUT2D eigenvalue weighted by Gasteiger charge is 2.25. The molecule has 1 heterocycles. The average Bonchev–Trinajstić information content (AvgIpc) is 2.87. The molecule has 0 fully saturated rings. The van der Waals surface area contributed by atoms with Crippen LogP contribution in [0.4, 0.5) is 8.78 Å². The fourth-order valence-corrected chi connectivity index (χ4v) is 2.20. The summed E-state index contributed by atoms with van der Waals surface area (Å²) < 4.78 is 38.9. The Morgan fingerprint density at radius 2 is 1.90 bits per heavy atom. The van der Waals surface area contributed by atoms with E-state index >= 15 is 0 Å². The van der Waals surface area contributed by atoms with Gasteiger partial charge in [-0.1, -0.05) is 6.92 Å². The SMILES string of the molecule is CCCNC(c1ccc(C)o1)c1c(F)cc(OC)cc1F. The van der Waals surface area contributed by atoms with E-state index in [0.29, 0.717) is 18.1 Å². The van der Waals surface area contributed by atoms with Gasteiger partial charge in [-0.15, -0.1) is 0 Å². The summed E-state index contributed by atoms with van der Waals surface area (Å²) in [5, 5.41) is 3.12. The highest BCUT2D eigenvalue weighted by atomic mass is 19.1. The van der Waals surface area contributed by atoms with E-state index in [4.69, 9.17) is 9.15 Å². The lowest BCUT2D eigenvalue weighted by Crippen LogP contribution is -2.25. The molecule has 0 aliphatic heterocycles. The second kappa shape index (κ2) is 6.72. The molecule has 3 nitrogen and oxygen atoms in total. The standard InChI is InChI=1S/C16H19F2NO2/c1-4-7-19-16(14-6-5-10(2)21-14)15-12(17)8-11(20-3)9-13(15)18/h5-6,8-9,16,19H,4,7H2,1-3H3. The average molecular weight is 295 g/mol. The Balaban J connectivity index is 2.46. The third-order valence-corrected chi connectivity index (χ3v) is 3.22. The van der Waals surface area contributed by atoms with E-state index in [2.05, 4.69) is 5.32 Å². The maximum atomic E-state index is 14.3. The molecule has 0 saturated heterocycles. The van der Waals surface area contributed by atoms with Crippen molar-refractivity contribution in [1.29, 1.82) is 0 Å². The monoisotopic (exact) mass is 295 g/mol. The van der Waals surface area contributed by atoms with Gasteiger partial charge in [0.1, 0.15) is 28.9 Å². The van der Waals surface area contributed by atoms with Gasteiger partial charge in [0.05, 0.1) is 13.2 Å². The number of benzene rings is 1. The summed E-state index contributed by atoms with van der Waals surface area (Å²) in [5.74, 6) is 0.0224. The molecule has 0 aliphatic carbocycles. The van der Waals surface area contributed by atoms with Crippen LogP contribution in [0.25, 0.3) is 0 Å². The van der Waals surface area contributed by atoms with Crippen molar-refractivity contribution in [1.82, 2.24) is 5.32 Å². The van der Waals surface area contributed by atoms with Gasteiger partial charge in [-0.25, -0.2) is 8.78 Å². The predicted molar refractivity (Wildman–Crippen MR) is 76.5 cm³/mol. The summed E-state index contributed by atoms with van der Waals surface area (Å²) in [7, 11) is 1.37.